The number of methoxy groups -OCH3 is 1. The van der Waals surface area contributed by atoms with Gasteiger partial charge in [-0.2, -0.15) is 0 Å². The molecule has 0 radical (unpaired) electrons. The monoisotopic (exact) mass is 231 g/mol. The largest absolute Gasteiger partial charge is 0.464 e. The van der Waals surface area contributed by atoms with Gasteiger partial charge in [0, 0.05) is 20.2 Å². The van der Waals surface area contributed by atoms with Crippen molar-refractivity contribution in [1.82, 2.24) is 4.90 Å². The highest BCUT2D eigenvalue weighted by Gasteiger charge is 2.24. The first-order chi connectivity index (χ1) is 7.60. The summed E-state index contributed by atoms with van der Waals surface area (Å²) in [4.78, 5) is 24.8. The molecular formula is C11H21NO4. The first-order valence-corrected chi connectivity index (χ1v) is 5.57. The Balaban J connectivity index is 4.31. The van der Waals surface area contributed by atoms with E-state index in [0.717, 1.165) is 0 Å². The van der Waals surface area contributed by atoms with Gasteiger partial charge >= 0.3 is 5.97 Å². The van der Waals surface area contributed by atoms with Crippen LogP contribution in [0, 0.1) is 0 Å². The molecule has 0 aliphatic heterocycles. The zero-order valence-corrected chi connectivity index (χ0v) is 10.5. The molecule has 0 rings (SSSR count). The van der Waals surface area contributed by atoms with E-state index in [0.29, 0.717) is 13.1 Å². The van der Waals surface area contributed by atoms with Gasteiger partial charge in [-0.05, 0) is 20.8 Å². The Morgan fingerprint density at radius 3 is 2.12 bits per heavy atom. The van der Waals surface area contributed by atoms with E-state index in [4.69, 9.17) is 9.47 Å². The number of hydrogen-bond acceptors (Lipinski definition) is 4. The molecule has 0 aliphatic rings. The quantitative estimate of drug-likeness (QED) is 0.609. The molecule has 0 bridgehead atoms. The number of esters is 1. The number of nitrogens with zero attached hydrogens (tertiary/aromatic N) is 1. The fourth-order valence-electron chi connectivity index (χ4n) is 1.36. The molecule has 0 saturated carbocycles. The van der Waals surface area contributed by atoms with Gasteiger partial charge < -0.3 is 14.4 Å². The van der Waals surface area contributed by atoms with Crippen LogP contribution in [0.25, 0.3) is 0 Å². The summed E-state index contributed by atoms with van der Waals surface area (Å²) in [5.74, 6) is -0.574. The van der Waals surface area contributed by atoms with E-state index in [1.165, 1.54) is 7.11 Å². The Kier molecular flexibility index (Phi) is 7.54. The lowest BCUT2D eigenvalue weighted by molar-refractivity contribution is -0.158. The molecule has 0 aliphatic carbocycles. The zero-order valence-electron chi connectivity index (χ0n) is 10.5. The van der Waals surface area contributed by atoms with Gasteiger partial charge in [-0.3, -0.25) is 4.79 Å². The lowest BCUT2D eigenvalue weighted by atomic mass is 10.2. The van der Waals surface area contributed by atoms with Crippen molar-refractivity contribution >= 4 is 11.9 Å². The minimum absolute atomic E-state index is 0.0387. The van der Waals surface area contributed by atoms with Crippen LogP contribution in [0.1, 0.15) is 27.2 Å². The number of carbonyl (C=O) groups is 2. The first kappa shape index (κ1) is 14.9. The fraction of sp³-hybridized carbons (Fsp3) is 0.818. The Hall–Kier alpha value is -1.10. The van der Waals surface area contributed by atoms with Crippen LogP contribution >= 0.6 is 0 Å². The molecule has 1 amide bonds. The van der Waals surface area contributed by atoms with Crippen LogP contribution in [0.3, 0.4) is 0 Å². The molecular weight excluding hydrogens is 210 g/mol. The smallest absolute Gasteiger partial charge is 0.335 e. The molecule has 1 unspecified atom stereocenters. The molecule has 0 spiro atoms. The summed E-state index contributed by atoms with van der Waals surface area (Å²) in [5.41, 5.74) is 0. The van der Waals surface area contributed by atoms with Crippen molar-refractivity contribution in [2.45, 2.75) is 33.3 Å². The van der Waals surface area contributed by atoms with Crippen LogP contribution in [0.4, 0.5) is 0 Å². The average Bonchev–Trinajstić information content (AvgIpc) is 2.27. The van der Waals surface area contributed by atoms with Crippen LogP contribution in [-0.2, 0) is 19.1 Å². The van der Waals surface area contributed by atoms with Gasteiger partial charge in [-0.1, -0.05) is 0 Å². The molecule has 0 aromatic rings. The van der Waals surface area contributed by atoms with Gasteiger partial charge in [0.2, 0.25) is 5.91 Å². The minimum Gasteiger partial charge on any atom is -0.464 e. The van der Waals surface area contributed by atoms with Crippen LogP contribution in [0.15, 0.2) is 0 Å². The summed E-state index contributed by atoms with van der Waals surface area (Å²) < 4.78 is 9.76. The second kappa shape index (κ2) is 8.10. The van der Waals surface area contributed by atoms with Gasteiger partial charge in [-0.25, -0.2) is 4.79 Å². The van der Waals surface area contributed by atoms with E-state index < -0.39 is 12.1 Å². The Morgan fingerprint density at radius 2 is 1.75 bits per heavy atom. The molecule has 0 N–H and O–H groups in total. The van der Waals surface area contributed by atoms with Crippen LogP contribution < -0.4 is 0 Å². The van der Waals surface area contributed by atoms with E-state index in [1.807, 2.05) is 13.8 Å². The molecule has 94 valence electrons. The molecule has 0 aromatic carbocycles. The average molecular weight is 231 g/mol. The normalized spacial score (nSPS) is 12.0. The molecule has 0 aromatic heterocycles. The highest BCUT2D eigenvalue weighted by atomic mass is 16.6. The van der Waals surface area contributed by atoms with Gasteiger partial charge in [0.25, 0.3) is 0 Å². The highest BCUT2D eigenvalue weighted by Crippen LogP contribution is 2.04. The molecule has 0 fully saturated rings. The van der Waals surface area contributed by atoms with Gasteiger partial charge in [0.05, 0.1) is 13.0 Å². The minimum atomic E-state index is -0.798. The Morgan fingerprint density at radius 1 is 1.19 bits per heavy atom. The van der Waals surface area contributed by atoms with Crippen molar-refractivity contribution < 1.29 is 19.1 Å². The Labute approximate surface area is 96.7 Å². The number of carbonyl (C=O) groups excluding carboxylic acids is 2. The van der Waals surface area contributed by atoms with Crippen LogP contribution in [-0.4, -0.2) is 49.7 Å². The van der Waals surface area contributed by atoms with Crippen molar-refractivity contribution in [3.8, 4) is 0 Å². The maximum Gasteiger partial charge on any atom is 0.335 e. The number of ether oxygens (including phenoxy) is 2. The Bertz CT molecular complexity index is 226. The summed E-state index contributed by atoms with van der Waals surface area (Å²) in [6.07, 6.45) is -0.759. The van der Waals surface area contributed by atoms with E-state index in [9.17, 15) is 9.59 Å². The molecule has 0 heterocycles. The van der Waals surface area contributed by atoms with Crippen molar-refractivity contribution in [2.24, 2.45) is 0 Å². The molecule has 0 saturated heterocycles. The maximum absolute atomic E-state index is 11.7. The predicted molar refractivity (Wildman–Crippen MR) is 60.0 cm³/mol. The zero-order chi connectivity index (χ0) is 12.6. The SMILES string of the molecule is CCOC(=O)C(CC(=O)N(CC)CC)OC. The van der Waals surface area contributed by atoms with E-state index in [1.54, 1.807) is 11.8 Å². The maximum atomic E-state index is 11.7. The lowest BCUT2D eigenvalue weighted by Crippen LogP contribution is -2.36. The third-order valence-electron chi connectivity index (χ3n) is 2.31. The summed E-state index contributed by atoms with van der Waals surface area (Å²) >= 11 is 0. The predicted octanol–water partition coefficient (Wildman–Crippen LogP) is 0.823. The van der Waals surface area contributed by atoms with E-state index in [-0.39, 0.29) is 18.9 Å². The van der Waals surface area contributed by atoms with Crippen LogP contribution in [0.2, 0.25) is 0 Å². The third-order valence-corrected chi connectivity index (χ3v) is 2.31. The number of rotatable bonds is 7. The van der Waals surface area contributed by atoms with Crippen molar-refractivity contribution in [2.75, 3.05) is 26.8 Å². The topological polar surface area (TPSA) is 55.8 Å². The molecule has 5 heteroatoms. The standard InChI is InChI=1S/C11H21NO4/c1-5-12(6-2)10(13)8-9(15-4)11(14)16-7-3/h9H,5-8H2,1-4H3. The highest BCUT2D eigenvalue weighted by molar-refractivity contribution is 5.84. The fourth-order valence-corrected chi connectivity index (χ4v) is 1.36. The van der Waals surface area contributed by atoms with Gasteiger partial charge in [-0.15, -0.1) is 0 Å². The third kappa shape index (κ3) is 4.61. The summed E-state index contributed by atoms with van der Waals surface area (Å²) in [6.45, 7) is 7.07. The van der Waals surface area contributed by atoms with E-state index in [2.05, 4.69) is 0 Å². The molecule has 1 atom stereocenters. The summed E-state index contributed by atoms with van der Waals surface area (Å²) in [7, 11) is 1.40. The van der Waals surface area contributed by atoms with Crippen molar-refractivity contribution in [1.29, 1.82) is 0 Å². The molecule has 16 heavy (non-hydrogen) atoms. The lowest BCUT2D eigenvalue weighted by Gasteiger charge is -2.21. The molecule has 5 nitrogen and oxygen atoms in total. The van der Waals surface area contributed by atoms with Crippen LogP contribution in [0.5, 0.6) is 0 Å². The summed E-state index contributed by atoms with van der Waals surface area (Å²) in [5, 5.41) is 0. The summed E-state index contributed by atoms with van der Waals surface area (Å²) in [6, 6.07) is 0. The van der Waals surface area contributed by atoms with E-state index >= 15 is 0 Å². The first-order valence-electron chi connectivity index (χ1n) is 5.57. The number of hydrogen-bond donors (Lipinski definition) is 0. The second-order valence-electron chi connectivity index (χ2n) is 3.25. The van der Waals surface area contributed by atoms with Crippen molar-refractivity contribution in [3.05, 3.63) is 0 Å². The number of amides is 1. The van der Waals surface area contributed by atoms with Gasteiger partial charge in [0.1, 0.15) is 0 Å². The second-order valence-corrected chi connectivity index (χ2v) is 3.25. The van der Waals surface area contributed by atoms with Gasteiger partial charge in [0.15, 0.2) is 6.10 Å². The van der Waals surface area contributed by atoms with Crippen molar-refractivity contribution in [3.63, 3.8) is 0 Å².